The molecule has 2 heterocycles. The van der Waals surface area contributed by atoms with Crippen LogP contribution in [-0.2, 0) is 30.0 Å². The molecule has 0 spiro atoms. The summed E-state index contributed by atoms with van der Waals surface area (Å²) in [4.78, 5) is 52.9. The first-order chi connectivity index (χ1) is 17.6. The van der Waals surface area contributed by atoms with Crippen LogP contribution in [0.25, 0.3) is 0 Å². The first-order valence-corrected chi connectivity index (χ1v) is 12.5. The number of carbonyl (C=O) groups is 4. The topological polar surface area (TPSA) is 114 Å². The van der Waals surface area contributed by atoms with Gasteiger partial charge in [-0.25, -0.2) is 0 Å². The first-order valence-electron chi connectivity index (χ1n) is 12.5. The van der Waals surface area contributed by atoms with Crippen LogP contribution in [0.5, 0.6) is 0 Å². The van der Waals surface area contributed by atoms with Gasteiger partial charge in [0.2, 0.25) is 18.1 Å². The molecule has 9 nitrogen and oxygen atoms in total. The molecule has 2 N–H and O–H groups in total. The summed E-state index contributed by atoms with van der Waals surface area (Å²) < 4.78 is 51.1. The number of halogens is 3. The number of cyclic esters (lactones) is 1. The van der Waals surface area contributed by atoms with Crippen molar-refractivity contribution < 1.29 is 41.8 Å². The molecule has 1 aromatic rings. The Kier molecular flexibility index (Phi) is 8.75. The van der Waals surface area contributed by atoms with E-state index in [9.17, 15) is 32.3 Å². The highest BCUT2D eigenvalue weighted by atomic mass is 19.4. The third-order valence-electron chi connectivity index (χ3n) is 6.40. The number of hydrogen-bond donors (Lipinski definition) is 2. The Morgan fingerprint density at radius 2 is 1.79 bits per heavy atom. The molecule has 1 aromatic carbocycles. The largest absolute Gasteiger partial charge is 0.433 e. The molecule has 2 aliphatic rings. The van der Waals surface area contributed by atoms with E-state index in [2.05, 4.69) is 10.6 Å². The Balaban J connectivity index is 1.78. The van der Waals surface area contributed by atoms with Crippen molar-refractivity contribution in [1.82, 2.24) is 15.5 Å². The zero-order valence-corrected chi connectivity index (χ0v) is 22.1. The zero-order chi connectivity index (χ0) is 28.4. The standard InChI is InChI=1S/C26H34F3N3O6/c1-14(2)37-24-17(13-19(33)38-24)30-22(35)18-11-8-12-32(18)23(36)20(25(3,4)5)31-21(34)15-9-6-7-10-16(15)26(27,28)29/h6-7,9-10,14,17-18,20,24H,8,11-13H2,1-5H3,(H,30,35)(H,31,34)/t17-,18-,20+,24+/m0/s1. The van der Waals surface area contributed by atoms with Crippen molar-refractivity contribution in [3.8, 4) is 0 Å². The number of alkyl halides is 3. The number of rotatable bonds is 7. The molecular formula is C26H34F3N3O6. The fourth-order valence-corrected chi connectivity index (χ4v) is 4.58. The van der Waals surface area contributed by atoms with Gasteiger partial charge in [0.1, 0.15) is 18.1 Å². The van der Waals surface area contributed by atoms with Gasteiger partial charge in [-0.15, -0.1) is 0 Å². The Hall–Kier alpha value is -3.15. The van der Waals surface area contributed by atoms with E-state index in [0.29, 0.717) is 12.8 Å². The molecular weight excluding hydrogens is 507 g/mol. The molecule has 0 aliphatic carbocycles. The number of likely N-dealkylation sites (tertiary alicyclic amines) is 1. The smallest absolute Gasteiger partial charge is 0.417 e. The number of carbonyl (C=O) groups excluding carboxylic acids is 4. The highest BCUT2D eigenvalue weighted by Gasteiger charge is 2.45. The van der Waals surface area contributed by atoms with Gasteiger partial charge in [0.15, 0.2) is 0 Å². The van der Waals surface area contributed by atoms with Crippen LogP contribution in [0.2, 0.25) is 0 Å². The Morgan fingerprint density at radius 3 is 2.39 bits per heavy atom. The van der Waals surface area contributed by atoms with Crippen molar-refractivity contribution in [2.75, 3.05) is 6.54 Å². The van der Waals surface area contributed by atoms with E-state index in [1.165, 1.54) is 17.0 Å². The van der Waals surface area contributed by atoms with Crippen LogP contribution in [-0.4, -0.2) is 65.7 Å². The van der Waals surface area contributed by atoms with Crippen molar-refractivity contribution in [2.24, 2.45) is 5.41 Å². The van der Waals surface area contributed by atoms with Crippen molar-refractivity contribution in [1.29, 1.82) is 0 Å². The summed E-state index contributed by atoms with van der Waals surface area (Å²) in [6.07, 6.45) is -5.19. The number of nitrogens with zero attached hydrogens (tertiary/aromatic N) is 1. The molecule has 210 valence electrons. The molecule has 2 saturated heterocycles. The molecule has 3 rings (SSSR count). The van der Waals surface area contributed by atoms with Gasteiger partial charge in [0.05, 0.1) is 23.7 Å². The van der Waals surface area contributed by atoms with Crippen LogP contribution >= 0.6 is 0 Å². The van der Waals surface area contributed by atoms with Gasteiger partial charge in [-0.3, -0.25) is 19.2 Å². The van der Waals surface area contributed by atoms with E-state index in [-0.39, 0.29) is 19.1 Å². The Bertz CT molecular complexity index is 1070. The van der Waals surface area contributed by atoms with Gasteiger partial charge in [0.25, 0.3) is 5.91 Å². The lowest BCUT2D eigenvalue weighted by Gasteiger charge is -2.36. The van der Waals surface area contributed by atoms with Crippen LogP contribution in [0.1, 0.15) is 69.8 Å². The van der Waals surface area contributed by atoms with Crippen molar-refractivity contribution in [2.45, 2.75) is 90.6 Å². The highest BCUT2D eigenvalue weighted by Crippen LogP contribution is 2.33. The average Bonchev–Trinajstić information content (AvgIpc) is 3.42. The molecule has 2 fully saturated rings. The maximum Gasteiger partial charge on any atom is 0.417 e. The maximum atomic E-state index is 13.7. The number of ether oxygens (including phenoxy) is 2. The van der Waals surface area contributed by atoms with Crippen molar-refractivity contribution in [3.63, 3.8) is 0 Å². The SMILES string of the molecule is CC(C)O[C@@H]1OC(=O)C[C@@H]1NC(=O)[C@@H]1CCCN1C(=O)[C@@H](NC(=O)c1ccccc1C(F)(F)F)C(C)(C)C. The van der Waals surface area contributed by atoms with E-state index < -0.39 is 70.8 Å². The summed E-state index contributed by atoms with van der Waals surface area (Å²) in [5.41, 5.74) is -2.59. The van der Waals surface area contributed by atoms with Gasteiger partial charge in [-0.1, -0.05) is 32.9 Å². The molecule has 0 aromatic heterocycles. The molecule has 0 saturated carbocycles. The minimum Gasteiger partial charge on any atom is -0.433 e. The van der Waals surface area contributed by atoms with Gasteiger partial charge < -0.3 is 25.0 Å². The summed E-state index contributed by atoms with van der Waals surface area (Å²) in [7, 11) is 0. The van der Waals surface area contributed by atoms with Gasteiger partial charge in [0, 0.05) is 6.54 Å². The van der Waals surface area contributed by atoms with E-state index >= 15 is 0 Å². The maximum absolute atomic E-state index is 13.7. The van der Waals surface area contributed by atoms with Crippen LogP contribution in [0.3, 0.4) is 0 Å². The number of hydrogen-bond acceptors (Lipinski definition) is 6. The molecule has 0 radical (unpaired) electrons. The zero-order valence-electron chi connectivity index (χ0n) is 22.1. The Labute approximate surface area is 219 Å². The fourth-order valence-electron chi connectivity index (χ4n) is 4.58. The van der Waals surface area contributed by atoms with E-state index in [0.717, 1.165) is 12.1 Å². The minimum absolute atomic E-state index is 0.0803. The molecule has 4 atom stereocenters. The molecule has 38 heavy (non-hydrogen) atoms. The second-order valence-electron chi connectivity index (χ2n) is 10.9. The molecule has 0 bridgehead atoms. The number of nitrogens with one attached hydrogen (secondary N) is 2. The fraction of sp³-hybridized carbons (Fsp3) is 0.615. The predicted molar refractivity (Wildman–Crippen MR) is 130 cm³/mol. The highest BCUT2D eigenvalue weighted by molar-refractivity contribution is 6.00. The molecule has 0 unspecified atom stereocenters. The number of esters is 1. The van der Waals surface area contributed by atoms with Crippen LogP contribution in [0.4, 0.5) is 13.2 Å². The number of amides is 3. The normalized spacial score (nSPS) is 22.8. The Morgan fingerprint density at radius 1 is 1.13 bits per heavy atom. The van der Waals surface area contributed by atoms with E-state index in [1.54, 1.807) is 34.6 Å². The second-order valence-corrected chi connectivity index (χ2v) is 10.9. The molecule has 2 aliphatic heterocycles. The van der Waals surface area contributed by atoms with Crippen molar-refractivity contribution in [3.05, 3.63) is 35.4 Å². The minimum atomic E-state index is -4.75. The van der Waals surface area contributed by atoms with Gasteiger partial charge in [-0.05, 0) is 44.2 Å². The van der Waals surface area contributed by atoms with Gasteiger partial charge >= 0.3 is 12.1 Å². The predicted octanol–water partition coefficient (Wildman–Crippen LogP) is 3.02. The quantitative estimate of drug-likeness (QED) is 0.513. The number of benzene rings is 1. The third kappa shape index (κ3) is 6.83. The monoisotopic (exact) mass is 541 g/mol. The van der Waals surface area contributed by atoms with Crippen LogP contribution in [0, 0.1) is 5.41 Å². The summed E-state index contributed by atoms with van der Waals surface area (Å²) >= 11 is 0. The molecule has 3 amide bonds. The van der Waals surface area contributed by atoms with Crippen LogP contribution < -0.4 is 10.6 Å². The summed E-state index contributed by atoms with van der Waals surface area (Å²) in [5.74, 6) is -2.64. The van der Waals surface area contributed by atoms with E-state index in [1.807, 2.05) is 0 Å². The average molecular weight is 542 g/mol. The molecule has 12 heteroatoms. The van der Waals surface area contributed by atoms with Crippen LogP contribution in [0.15, 0.2) is 24.3 Å². The first kappa shape index (κ1) is 29.4. The lowest BCUT2D eigenvalue weighted by Crippen LogP contribution is -2.58. The van der Waals surface area contributed by atoms with E-state index in [4.69, 9.17) is 9.47 Å². The summed E-state index contributed by atoms with van der Waals surface area (Å²) in [6, 6.07) is 1.52. The van der Waals surface area contributed by atoms with Crippen molar-refractivity contribution >= 4 is 23.7 Å². The third-order valence-corrected chi connectivity index (χ3v) is 6.40. The summed E-state index contributed by atoms with van der Waals surface area (Å²) in [6.45, 7) is 8.77. The second kappa shape index (κ2) is 11.3. The van der Waals surface area contributed by atoms with Gasteiger partial charge in [-0.2, -0.15) is 13.2 Å². The lowest BCUT2D eigenvalue weighted by atomic mass is 9.85. The summed E-state index contributed by atoms with van der Waals surface area (Å²) in [5, 5.41) is 5.23. The lowest BCUT2D eigenvalue weighted by molar-refractivity contribution is -0.173.